The number of allylic oxidation sites excluding steroid dienone is 1. The standard InChI is InChI=1S/C30H25NO4/c1-19(29(32)21-8-4-3-5-9-21)35-30(33)27-24-10-6-7-11-26(24)31-28-22(14-17-25(27)28)18-20-12-15-23(34-2)16-13-20/h3-13,15-16,18-19H,14,17H2,1-2H3. The molecule has 1 aromatic heterocycles. The summed E-state index contributed by atoms with van der Waals surface area (Å²) in [6.45, 7) is 1.62. The number of para-hydroxylation sites is 1. The number of ketones is 1. The predicted molar refractivity (Wildman–Crippen MR) is 137 cm³/mol. The molecule has 0 spiro atoms. The maximum absolute atomic E-state index is 13.5. The third-order valence-electron chi connectivity index (χ3n) is 6.31. The summed E-state index contributed by atoms with van der Waals surface area (Å²) >= 11 is 0. The molecule has 0 radical (unpaired) electrons. The molecule has 5 nitrogen and oxygen atoms in total. The average molecular weight is 464 g/mol. The highest BCUT2D eigenvalue weighted by atomic mass is 16.5. The van der Waals surface area contributed by atoms with Gasteiger partial charge >= 0.3 is 5.97 Å². The molecule has 4 aromatic rings. The zero-order chi connectivity index (χ0) is 24.4. The minimum atomic E-state index is -0.900. The number of benzene rings is 3. The van der Waals surface area contributed by atoms with Crippen LogP contribution in [0.25, 0.3) is 22.6 Å². The Labute approximate surface area is 204 Å². The number of hydrogen-bond acceptors (Lipinski definition) is 5. The summed E-state index contributed by atoms with van der Waals surface area (Å²) in [5.41, 5.74) is 5.52. The zero-order valence-corrected chi connectivity index (χ0v) is 19.7. The molecule has 0 aliphatic heterocycles. The first-order valence-electron chi connectivity index (χ1n) is 11.6. The van der Waals surface area contributed by atoms with Crippen molar-refractivity contribution in [3.8, 4) is 5.75 Å². The van der Waals surface area contributed by atoms with Gasteiger partial charge in [-0.15, -0.1) is 0 Å². The molecule has 1 unspecified atom stereocenters. The Balaban J connectivity index is 1.52. The smallest absolute Gasteiger partial charge is 0.339 e. The fraction of sp³-hybridized carbons (Fsp3) is 0.167. The lowest BCUT2D eigenvalue weighted by atomic mass is 10.0. The second-order valence-electron chi connectivity index (χ2n) is 8.55. The van der Waals surface area contributed by atoms with Crippen molar-refractivity contribution in [3.05, 3.63) is 107 Å². The first-order valence-corrected chi connectivity index (χ1v) is 11.6. The summed E-state index contributed by atoms with van der Waals surface area (Å²) < 4.78 is 11.0. The molecule has 35 heavy (non-hydrogen) atoms. The fourth-order valence-electron chi connectivity index (χ4n) is 4.52. The van der Waals surface area contributed by atoms with Crippen molar-refractivity contribution in [1.82, 2.24) is 4.98 Å². The molecule has 174 valence electrons. The summed E-state index contributed by atoms with van der Waals surface area (Å²) in [4.78, 5) is 31.2. The van der Waals surface area contributed by atoms with E-state index in [1.807, 2.05) is 54.6 Å². The third-order valence-corrected chi connectivity index (χ3v) is 6.31. The second-order valence-corrected chi connectivity index (χ2v) is 8.55. The number of rotatable bonds is 6. The van der Waals surface area contributed by atoms with Crippen molar-refractivity contribution in [1.29, 1.82) is 0 Å². The molecule has 3 aromatic carbocycles. The minimum Gasteiger partial charge on any atom is -0.497 e. The molecule has 0 fully saturated rings. The van der Waals surface area contributed by atoms with Gasteiger partial charge in [0.15, 0.2) is 6.10 Å². The van der Waals surface area contributed by atoms with E-state index >= 15 is 0 Å². The molecule has 1 aliphatic carbocycles. The van der Waals surface area contributed by atoms with Crippen molar-refractivity contribution >= 4 is 34.3 Å². The van der Waals surface area contributed by atoms with Crippen LogP contribution in [0.3, 0.4) is 0 Å². The van der Waals surface area contributed by atoms with Gasteiger partial charge in [0.25, 0.3) is 0 Å². The number of pyridine rings is 1. The average Bonchev–Trinajstić information content (AvgIpc) is 3.29. The molecular formula is C30H25NO4. The number of carbonyl (C=O) groups is 2. The predicted octanol–water partition coefficient (Wildman–Crippen LogP) is 6.16. The van der Waals surface area contributed by atoms with Gasteiger partial charge in [-0.1, -0.05) is 60.7 Å². The van der Waals surface area contributed by atoms with E-state index in [4.69, 9.17) is 14.5 Å². The van der Waals surface area contributed by atoms with Crippen LogP contribution < -0.4 is 4.74 Å². The summed E-state index contributed by atoms with van der Waals surface area (Å²) in [7, 11) is 1.64. The van der Waals surface area contributed by atoms with E-state index < -0.39 is 12.1 Å². The van der Waals surface area contributed by atoms with Gasteiger partial charge in [0.2, 0.25) is 5.78 Å². The summed E-state index contributed by atoms with van der Waals surface area (Å²) in [5.74, 6) is 0.0728. The Bertz CT molecular complexity index is 1440. The van der Waals surface area contributed by atoms with Crippen LogP contribution >= 0.6 is 0 Å². The second kappa shape index (κ2) is 9.55. The van der Waals surface area contributed by atoms with Crippen molar-refractivity contribution in [2.45, 2.75) is 25.9 Å². The topological polar surface area (TPSA) is 65.5 Å². The number of hydrogen-bond donors (Lipinski definition) is 0. The Hall–Kier alpha value is -4.25. The van der Waals surface area contributed by atoms with Crippen molar-refractivity contribution in [2.24, 2.45) is 0 Å². The first-order chi connectivity index (χ1) is 17.0. The van der Waals surface area contributed by atoms with Crippen molar-refractivity contribution < 1.29 is 19.1 Å². The molecule has 1 aliphatic rings. The Morgan fingerprint density at radius 3 is 2.37 bits per heavy atom. The lowest BCUT2D eigenvalue weighted by Gasteiger charge is -2.16. The van der Waals surface area contributed by atoms with Crippen LogP contribution in [0.1, 0.15) is 50.9 Å². The van der Waals surface area contributed by atoms with Crippen LogP contribution in [0, 0.1) is 0 Å². The summed E-state index contributed by atoms with van der Waals surface area (Å²) in [6.07, 6.45) is 2.65. The highest BCUT2D eigenvalue weighted by molar-refractivity contribution is 6.08. The molecule has 0 saturated carbocycles. The number of ether oxygens (including phenoxy) is 2. The van der Waals surface area contributed by atoms with E-state index in [0.717, 1.165) is 45.5 Å². The fourth-order valence-corrected chi connectivity index (χ4v) is 4.52. The van der Waals surface area contributed by atoms with Gasteiger partial charge < -0.3 is 9.47 Å². The quantitative estimate of drug-likeness (QED) is 0.253. The number of methoxy groups -OCH3 is 1. The van der Waals surface area contributed by atoms with Gasteiger partial charge in [0, 0.05) is 10.9 Å². The molecule has 1 atom stereocenters. The molecule has 0 amide bonds. The number of aromatic nitrogens is 1. The van der Waals surface area contributed by atoms with Gasteiger partial charge in [0.1, 0.15) is 5.75 Å². The van der Waals surface area contributed by atoms with E-state index in [2.05, 4.69) is 6.08 Å². The monoisotopic (exact) mass is 463 g/mol. The van der Waals surface area contributed by atoms with Crippen LogP contribution in [0.4, 0.5) is 0 Å². The van der Waals surface area contributed by atoms with Crippen molar-refractivity contribution in [2.75, 3.05) is 7.11 Å². The molecule has 0 bridgehead atoms. The molecule has 5 heteroatoms. The summed E-state index contributed by atoms with van der Waals surface area (Å²) in [5, 5.41) is 0.737. The number of esters is 1. The molecule has 1 heterocycles. The van der Waals surface area contributed by atoms with E-state index in [-0.39, 0.29) is 5.78 Å². The Kier molecular flexibility index (Phi) is 6.15. The lowest BCUT2D eigenvalue weighted by molar-refractivity contribution is 0.0319. The lowest BCUT2D eigenvalue weighted by Crippen LogP contribution is -2.25. The number of Topliss-reactive ketones (excluding diaryl/α,β-unsaturated/α-hetero) is 1. The Morgan fingerprint density at radius 1 is 0.914 bits per heavy atom. The van der Waals surface area contributed by atoms with Crippen LogP contribution in [0.5, 0.6) is 5.75 Å². The maximum Gasteiger partial charge on any atom is 0.339 e. The Morgan fingerprint density at radius 2 is 1.63 bits per heavy atom. The molecule has 5 rings (SSSR count). The van der Waals surface area contributed by atoms with E-state index in [1.165, 1.54) is 0 Å². The van der Waals surface area contributed by atoms with E-state index in [1.54, 1.807) is 38.3 Å². The van der Waals surface area contributed by atoms with Crippen molar-refractivity contribution in [3.63, 3.8) is 0 Å². The van der Waals surface area contributed by atoms with Gasteiger partial charge in [-0.05, 0) is 60.7 Å². The van der Waals surface area contributed by atoms with E-state index in [0.29, 0.717) is 17.5 Å². The third kappa shape index (κ3) is 4.45. The maximum atomic E-state index is 13.5. The van der Waals surface area contributed by atoms with Crippen LogP contribution in [0.15, 0.2) is 78.9 Å². The molecule has 0 saturated heterocycles. The molecular weight excluding hydrogens is 438 g/mol. The van der Waals surface area contributed by atoms with Gasteiger partial charge in [-0.3, -0.25) is 4.79 Å². The van der Waals surface area contributed by atoms with Gasteiger partial charge in [0.05, 0.1) is 23.9 Å². The van der Waals surface area contributed by atoms with Crippen LogP contribution in [-0.2, 0) is 11.2 Å². The highest BCUT2D eigenvalue weighted by Gasteiger charge is 2.29. The van der Waals surface area contributed by atoms with Gasteiger partial charge in [-0.2, -0.15) is 0 Å². The largest absolute Gasteiger partial charge is 0.497 e. The highest BCUT2D eigenvalue weighted by Crippen LogP contribution is 2.38. The summed E-state index contributed by atoms with van der Waals surface area (Å²) in [6, 6.07) is 24.3. The SMILES string of the molecule is COc1ccc(C=C2CCc3c2nc2ccccc2c3C(=O)OC(C)C(=O)c2ccccc2)cc1. The number of carbonyl (C=O) groups excluding carboxylic acids is 2. The number of fused-ring (bicyclic) bond motifs is 2. The molecule has 0 N–H and O–H groups in total. The number of nitrogens with zero attached hydrogens (tertiary/aromatic N) is 1. The first kappa shape index (κ1) is 22.5. The zero-order valence-electron chi connectivity index (χ0n) is 19.7. The van der Waals surface area contributed by atoms with Crippen LogP contribution in [-0.4, -0.2) is 30.0 Å². The van der Waals surface area contributed by atoms with E-state index in [9.17, 15) is 9.59 Å². The van der Waals surface area contributed by atoms with Crippen LogP contribution in [0.2, 0.25) is 0 Å². The minimum absolute atomic E-state index is 0.228. The van der Waals surface area contributed by atoms with Gasteiger partial charge in [-0.25, -0.2) is 9.78 Å². The normalized spacial score (nSPS) is 14.5.